The topological polar surface area (TPSA) is 75.0 Å². The number of carbonyl (C=O) groups is 1. The van der Waals surface area contributed by atoms with E-state index in [9.17, 15) is 4.79 Å². The molecule has 1 aliphatic heterocycles. The van der Waals surface area contributed by atoms with Gasteiger partial charge in [-0.05, 0) is 25.7 Å². The van der Waals surface area contributed by atoms with Gasteiger partial charge in [-0.3, -0.25) is 9.89 Å². The van der Waals surface area contributed by atoms with E-state index in [0.717, 1.165) is 13.0 Å². The van der Waals surface area contributed by atoms with Crippen LogP contribution >= 0.6 is 0 Å². The second-order valence-corrected chi connectivity index (χ2v) is 4.56. The lowest BCUT2D eigenvalue weighted by Crippen LogP contribution is -2.46. The summed E-state index contributed by atoms with van der Waals surface area (Å²) in [6.07, 6.45) is 3.72. The Morgan fingerprint density at radius 3 is 3.00 bits per heavy atom. The molecule has 0 bridgehead atoms. The molecule has 88 valence electrons. The zero-order valence-electron chi connectivity index (χ0n) is 9.73. The van der Waals surface area contributed by atoms with Crippen LogP contribution in [0.2, 0.25) is 0 Å². The summed E-state index contributed by atoms with van der Waals surface area (Å²) < 4.78 is 0. The molecule has 5 nitrogen and oxygen atoms in total. The molecule has 3 N–H and O–H groups in total. The highest BCUT2D eigenvalue weighted by Crippen LogP contribution is 2.25. The number of hydrogen-bond acceptors (Lipinski definition) is 3. The quantitative estimate of drug-likeness (QED) is 0.751. The van der Waals surface area contributed by atoms with Crippen LogP contribution in [0.3, 0.4) is 0 Å². The molecular formula is C11H18N4O. The largest absolute Gasteiger partial charge is 0.396 e. The smallest absolute Gasteiger partial charge is 0.274 e. The number of likely N-dealkylation sites (tertiary alicyclic amines) is 1. The molecule has 1 saturated heterocycles. The molecule has 0 spiro atoms. The molecule has 2 unspecified atom stereocenters. The monoisotopic (exact) mass is 222 g/mol. The summed E-state index contributed by atoms with van der Waals surface area (Å²) in [6.45, 7) is 5.08. The zero-order chi connectivity index (χ0) is 11.7. The molecule has 16 heavy (non-hydrogen) atoms. The van der Waals surface area contributed by atoms with E-state index in [1.807, 2.05) is 4.90 Å². The first kappa shape index (κ1) is 11.0. The molecule has 2 atom stereocenters. The van der Waals surface area contributed by atoms with E-state index in [4.69, 9.17) is 5.73 Å². The predicted molar refractivity (Wildman–Crippen MR) is 61.9 cm³/mol. The number of nitrogen functional groups attached to an aromatic ring is 1. The Hall–Kier alpha value is -1.52. The summed E-state index contributed by atoms with van der Waals surface area (Å²) in [4.78, 5) is 14.1. The average molecular weight is 222 g/mol. The molecule has 2 heterocycles. The first-order chi connectivity index (χ1) is 7.61. The standard InChI is InChI=1S/C11H18N4O/c1-7-4-3-5-15(8(7)2)11(16)10-9(12)6-13-14-10/h6-8H,3-5,12H2,1-2H3,(H,13,14). The van der Waals surface area contributed by atoms with Gasteiger partial charge in [0.15, 0.2) is 0 Å². The molecule has 0 radical (unpaired) electrons. The number of nitrogens with two attached hydrogens (primary N) is 1. The second kappa shape index (κ2) is 4.15. The van der Waals surface area contributed by atoms with Gasteiger partial charge in [0, 0.05) is 12.6 Å². The van der Waals surface area contributed by atoms with Crippen LogP contribution in [0, 0.1) is 5.92 Å². The van der Waals surface area contributed by atoms with Crippen molar-refractivity contribution >= 4 is 11.6 Å². The van der Waals surface area contributed by atoms with Crippen LogP contribution in [0.5, 0.6) is 0 Å². The number of rotatable bonds is 1. The number of carbonyl (C=O) groups excluding carboxylic acids is 1. The van der Waals surface area contributed by atoms with Crippen molar-refractivity contribution in [3.63, 3.8) is 0 Å². The van der Waals surface area contributed by atoms with E-state index >= 15 is 0 Å². The minimum atomic E-state index is -0.0333. The molecule has 1 fully saturated rings. The number of aromatic nitrogens is 2. The van der Waals surface area contributed by atoms with Crippen molar-refractivity contribution in [2.75, 3.05) is 12.3 Å². The first-order valence-electron chi connectivity index (χ1n) is 5.71. The van der Waals surface area contributed by atoms with Crippen LogP contribution in [-0.2, 0) is 0 Å². The van der Waals surface area contributed by atoms with E-state index in [2.05, 4.69) is 24.0 Å². The first-order valence-corrected chi connectivity index (χ1v) is 5.71. The van der Waals surface area contributed by atoms with Gasteiger partial charge in [-0.25, -0.2) is 0 Å². The SMILES string of the molecule is CC1CCCN(C(=O)c2[nH]ncc2N)C1C. The van der Waals surface area contributed by atoms with Crippen molar-refractivity contribution in [1.82, 2.24) is 15.1 Å². The minimum absolute atomic E-state index is 0.0333. The average Bonchev–Trinajstić information content (AvgIpc) is 2.68. The summed E-state index contributed by atoms with van der Waals surface area (Å²) in [5, 5.41) is 6.46. The third kappa shape index (κ3) is 1.77. The van der Waals surface area contributed by atoms with E-state index < -0.39 is 0 Å². The molecule has 1 amide bonds. The molecule has 5 heteroatoms. The number of hydrogen-bond donors (Lipinski definition) is 2. The Morgan fingerprint density at radius 1 is 1.62 bits per heavy atom. The van der Waals surface area contributed by atoms with Crippen molar-refractivity contribution in [1.29, 1.82) is 0 Å². The van der Waals surface area contributed by atoms with Crippen LogP contribution in [0.4, 0.5) is 5.69 Å². The summed E-state index contributed by atoms with van der Waals surface area (Å²) >= 11 is 0. The Kier molecular flexibility index (Phi) is 2.85. The Balaban J connectivity index is 2.18. The zero-order valence-corrected chi connectivity index (χ0v) is 9.73. The van der Waals surface area contributed by atoms with E-state index in [1.165, 1.54) is 12.6 Å². The number of aromatic amines is 1. The van der Waals surface area contributed by atoms with Crippen LogP contribution in [0.1, 0.15) is 37.2 Å². The van der Waals surface area contributed by atoms with Crippen molar-refractivity contribution in [3.05, 3.63) is 11.9 Å². The van der Waals surface area contributed by atoms with Gasteiger partial charge in [0.25, 0.3) is 5.91 Å². The van der Waals surface area contributed by atoms with E-state index in [0.29, 0.717) is 17.3 Å². The van der Waals surface area contributed by atoms with Gasteiger partial charge in [-0.2, -0.15) is 5.10 Å². The van der Waals surface area contributed by atoms with E-state index in [1.54, 1.807) is 0 Å². The molecule has 0 aromatic carbocycles. The van der Waals surface area contributed by atoms with Gasteiger partial charge in [-0.15, -0.1) is 0 Å². The number of nitrogens with zero attached hydrogens (tertiary/aromatic N) is 2. The maximum Gasteiger partial charge on any atom is 0.274 e. The molecule has 1 aromatic heterocycles. The maximum absolute atomic E-state index is 12.2. The maximum atomic E-state index is 12.2. The number of amides is 1. The Labute approximate surface area is 95.0 Å². The number of anilines is 1. The lowest BCUT2D eigenvalue weighted by atomic mass is 9.92. The third-order valence-corrected chi connectivity index (χ3v) is 3.52. The highest BCUT2D eigenvalue weighted by molar-refractivity contribution is 5.97. The van der Waals surface area contributed by atoms with Crippen molar-refractivity contribution < 1.29 is 4.79 Å². The van der Waals surface area contributed by atoms with E-state index in [-0.39, 0.29) is 11.9 Å². The van der Waals surface area contributed by atoms with Gasteiger partial charge in [0.05, 0.1) is 11.9 Å². The third-order valence-electron chi connectivity index (χ3n) is 3.52. The van der Waals surface area contributed by atoms with Crippen LogP contribution in [-0.4, -0.2) is 33.6 Å². The highest BCUT2D eigenvalue weighted by Gasteiger charge is 2.30. The predicted octanol–water partition coefficient (Wildman–Crippen LogP) is 1.25. The summed E-state index contributed by atoms with van der Waals surface area (Å²) in [6, 6.07) is 0.268. The number of H-pyrrole nitrogens is 1. The van der Waals surface area contributed by atoms with Gasteiger partial charge in [0.1, 0.15) is 5.69 Å². The molecular weight excluding hydrogens is 204 g/mol. The molecule has 2 rings (SSSR count). The Morgan fingerprint density at radius 2 is 2.38 bits per heavy atom. The minimum Gasteiger partial charge on any atom is -0.396 e. The van der Waals surface area contributed by atoms with Crippen molar-refractivity contribution in [3.8, 4) is 0 Å². The molecule has 1 aliphatic rings. The fourth-order valence-electron chi connectivity index (χ4n) is 2.23. The summed E-state index contributed by atoms with van der Waals surface area (Å²) in [5.41, 5.74) is 6.53. The lowest BCUT2D eigenvalue weighted by molar-refractivity contribution is 0.0546. The summed E-state index contributed by atoms with van der Waals surface area (Å²) in [5.74, 6) is 0.510. The summed E-state index contributed by atoms with van der Waals surface area (Å²) in [7, 11) is 0. The fourth-order valence-corrected chi connectivity index (χ4v) is 2.23. The van der Waals surface area contributed by atoms with Gasteiger partial charge >= 0.3 is 0 Å². The van der Waals surface area contributed by atoms with Crippen molar-refractivity contribution in [2.45, 2.75) is 32.7 Å². The van der Waals surface area contributed by atoms with Crippen LogP contribution < -0.4 is 5.73 Å². The molecule has 1 aromatic rings. The van der Waals surface area contributed by atoms with Gasteiger partial charge in [0.2, 0.25) is 0 Å². The van der Waals surface area contributed by atoms with Gasteiger partial charge < -0.3 is 10.6 Å². The lowest BCUT2D eigenvalue weighted by Gasteiger charge is -2.37. The normalized spacial score (nSPS) is 25.8. The van der Waals surface area contributed by atoms with Gasteiger partial charge in [-0.1, -0.05) is 6.92 Å². The van der Waals surface area contributed by atoms with Crippen LogP contribution in [0.25, 0.3) is 0 Å². The molecule has 0 saturated carbocycles. The van der Waals surface area contributed by atoms with Crippen LogP contribution in [0.15, 0.2) is 6.20 Å². The second-order valence-electron chi connectivity index (χ2n) is 4.56. The highest BCUT2D eigenvalue weighted by atomic mass is 16.2. The Bertz CT molecular complexity index is 387. The fraction of sp³-hybridized carbons (Fsp3) is 0.636. The van der Waals surface area contributed by atoms with Crippen molar-refractivity contribution in [2.24, 2.45) is 5.92 Å². The number of nitrogens with one attached hydrogen (secondary N) is 1. The number of piperidine rings is 1. The molecule has 0 aliphatic carbocycles.